The second-order valence-corrected chi connectivity index (χ2v) is 13.9. The highest BCUT2D eigenvalue weighted by Crippen LogP contribution is 2.56. The predicted octanol–water partition coefficient (Wildman–Crippen LogP) is 3.20. The first-order chi connectivity index (χ1) is 19.5. The molecule has 2 heterocycles. The van der Waals surface area contributed by atoms with E-state index in [0.29, 0.717) is 16.2 Å². The Morgan fingerprint density at radius 2 is 1.34 bits per heavy atom. The van der Waals surface area contributed by atoms with Gasteiger partial charge in [0.15, 0.2) is 0 Å². The monoisotopic (exact) mass is 593 g/mol. The lowest BCUT2D eigenvalue weighted by molar-refractivity contribution is -0.121. The van der Waals surface area contributed by atoms with Crippen LogP contribution in [0.1, 0.15) is 20.8 Å². The molecule has 2 bridgehead atoms. The number of carbonyl (C=O) groups excluding carboxylic acids is 2. The Kier molecular flexibility index (Phi) is 9.09. The van der Waals surface area contributed by atoms with Gasteiger partial charge in [-0.25, -0.2) is 13.2 Å². The normalized spacial score (nSPS) is 18.9. The van der Waals surface area contributed by atoms with Gasteiger partial charge in [0.2, 0.25) is 16.3 Å². The Labute approximate surface area is 241 Å². The number of rotatable bonds is 7. The first kappa shape index (κ1) is 30.1. The van der Waals surface area contributed by atoms with Crippen LogP contribution in [0.2, 0.25) is 0 Å². The number of primary amides is 1. The number of carbonyl (C=O) groups is 2. The van der Waals surface area contributed by atoms with Gasteiger partial charge >= 0.3 is 6.03 Å². The average Bonchev–Trinajstić information content (AvgIpc) is 3.23. The van der Waals surface area contributed by atoms with Crippen LogP contribution in [-0.4, -0.2) is 53.5 Å². The van der Waals surface area contributed by atoms with Crippen LogP contribution in [-0.2, 0) is 19.5 Å². The highest BCUT2D eigenvalue weighted by atomic mass is 32.3. The lowest BCUT2D eigenvalue weighted by Crippen LogP contribution is -2.48. The number of urea groups is 1. The Morgan fingerprint density at radius 3 is 1.71 bits per heavy atom. The van der Waals surface area contributed by atoms with Crippen molar-refractivity contribution in [3.63, 3.8) is 0 Å². The molecule has 0 saturated carbocycles. The lowest BCUT2D eigenvalue weighted by Gasteiger charge is -2.30. The fourth-order valence-electron chi connectivity index (χ4n) is 5.31. The number of nitrogens with two attached hydrogens (primary N) is 1. The van der Waals surface area contributed by atoms with Gasteiger partial charge in [-0.05, 0) is 68.3 Å². The molecule has 2 aliphatic heterocycles. The Morgan fingerprint density at radius 1 is 0.902 bits per heavy atom. The van der Waals surface area contributed by atoms with Gasteiger partial charge in [0, 0.05) is 0 Å². The van der Waals surface area contributed by atoms with Gasteiger partial charge in [-0.2, -0.15) is 9.35 Å². The molecule has 5 rings (SSSR count). The van der Waals surface area contributed by atoms with Crippen LogP contribution < -0.4 is 21.6 Å². The minimum Gasteiger partial charge on any atom is -0.724 e. The molecule has 41 heavy (non-hydrogen) atoms. The van der Waals surface area contributed by atoms with Gasteiger partial charge in [0.1, 0.15) is 35.3 Å². The molecule has 3 aromatic rings. The highest BCUT2D eigenvalue weighted by molar-refractivity contribution is 7.98. The van der Waals surface area contributed by atoms with E-state index in [-0.39, 0.29) is 6.54 Å². The first-order valence-electron chi connectivity index (χ1n) is 12.9. The molecule has 0 aromatic heterocycles. The van der Waals surface area contributed by atoms with Crippen molar-refractivity contribution in [2.24, 2.45) is 5.73 Å². The summed E-state index contributed by atoms with van der Waals surface area (Å²) in [5, 5.41) is 4.66. The van der Waals surface area contributed by atoms with Crippen molar-refractivity contribution in [2.75, 3.05) is 6.54 Å². The molecule has 0 radical (unpaired) electrons. The number of hydrogen-bond donors (Lipinski definition) is 1. The summed E-state index contributed by atoms with van der Waals surface area (Å²) < 4.78 is 36.0. The lowest BCUT2D eigenvalue weighted by atomic mass is 9.93. The first-order valence-corrected chi connectivity index (χ1v) is 16.1. The van der Waals surface area contributed by atoms with E-state index in [1.54, 1.807) is 13.8 Å². The molecule has 2 atom stereocenters. The maximum absolute atomic E-state index is 12.0. The molecule has 0 spiro atoms. The minimum atomic E-state index is -5.07. The zero-order chi connectivity index (χ0) is 29.8. The van der Waals surface area contributed by atoms with Crippen LogP contribution >= 0.6 is 7.26 Å². The van der Waals surface area contributed by atoms with Gasteiger partial charge in [0.05, 0.1) is 12.4 Å². The number of hydrogen-bond acceptors (Lipinski definition) is 6. The summed E-state index contributed by atoms with van der Waals surface area (Å²) in [5.74, 6) is 1.68. The van der Waals surface area contributed by atoms with Crippen molar-refractivity contribution in [3.05, 3.63) is 114 Å². The third-order valence-corrected chi connectivity index (χ3v) is 11.7. The van der Waals surface area contributed by atoms with Gasteiger partial charge in [-0.3, -0.25) is 4.79 Å². The molecule has 2 aliphatic rings. The predicted molar refractivity (Wildman–Crippen MR) is 160 cm³/mol. The molecule has 2 N–H and O–H groups in total. The van der Waals surface area contributed by atoms with Gasteiger partial charge < -0.3 is 15.2 Å². The van der Waals surface area contributed by atoms with E-state index in [2.05, 4.69) is 114 Å². The quantitative estimate of drug-likeness (QED) is 0.194. The summed E-state index contributed by atoms with van der Waals surface area (Å²) in [7, 11) is -6.80. The number of amides is 3. The molecule has 3 amide bonds. The molecular formula is C30H32N3O6PS. The summed E-state index contributed by atoms with van der Waals surface area (Å²) in [6, 6.07) is 30.1. The van der Waals surface area contributed by atoms with Crippen LogP contribution in [0.15, 0.2) is 114 Å². The van der Waals surface area contributed by atoms with Crippen molar-refractivity contribution in [1.29, 1.82) is 0 Å². The van der Waals surface area contributed by atoms with Crippen LogP contribution in [0, 0.1) is 0 Å². The van der Waals surface area contributed by atoms with E-state index in [4.69, 9.17) is 5.73 Å². The van der Waals surface area contributed by atoms with Crippen molar-refractivity contribution in [1.82, 2.24) is 9.96 Å². The Hall–Kier alpha value is -3.82. The fraction of sp³-hybridized carbons (Fsp3) is 0.200. The maximum Gasteiger partial charge on any atom is 0.346 e. The third-order valence-electron chi connectivity index (χ3n) is 7.23. The molecule has 3 aromatic carbocycles. The zero-order valence-corrected chi connectivity index (χ0v) is 24.7. The Bertz CT molecular complexity index is 1470. The van der Waals surface area contributed by atoms with Crippen molar-refractivity contribution >= 4 is 45.5 Å². The molecule has 0 aliphatic carbocycles. The van der Waals surface area contributed by atoms with E-state index in [0.717, 1.165) is 4.90 Å². The van der Waals surface area contributed by atoms with Crippen molar-refractivity contribution < 1.29 is 26.8 Å². The SMILES string of the molecule is C/C=C/[P+](c1ccccc1)(c1ccccc1)c1ccccc1.CC1=C(C)[C@@H]2CN(C(=O)N2OS(=O)(=O)[O-])[C@@H]1C(N)=O. The van der Waals surface area contributed by atoms with Crippen LogP contribution in [0.3, 0.4) is 0 Å². The molecule has 11 heteroatoms. The van der Waals surface area contributed by atoms with Crippen LogP contribution in [0.25, 0.3) is 0 Å². The zero-order valence-electron chi connectivity index (χ0n) is 23.0. The summed E-state index contributed by atoms with van der Waals surface area (Å²) in [5.41, 5.74) is 6.36. The Balaban J connectivity index is 0.000000191. The highest BCUT2D eigenvalue weighted by Gasteiger charge is 2.50. The summed E-state index contributed by atoms with van der Waals surface area (Å²) in [6.45, 7) is 5.40. The van der Waals surface area contributed by atoms with Crippen LogP contribution in [0.4, 0.5) is 4.79 Å². The van der Waals surface area contributed by atoms with Crippen molar-refractivity contribution in [3.8, 4) is 0 Å². The number of nitrogens with zero attached hydrogens (tertiary/aromatic N) is 2. The van der Waals surface area contributed by atoms with E-state index >= 15 is 0 Å². The van der Waals surface area contributed by atoms with Gasteiger partial charge in [-0.1, -0.05) is 60.7 Å². The second kappa shape index (κ2) is 12.4. The average molecular weight is 594 g/mol. The molecule has 1 fully saturated rings. The van der Waals surface area contributed by atoms with Gasteiger partial charge in [-0.15, -0.1) is 0 Å². The minimum absolute atomic E-state index is 0.0468. The number of allylic oxidation sites excluding steroid dienone is 1. The van der Waals surface area contributed by atoms with Crippen molar-refractivity contribution in [2.45, 2.75) is 32.9 Å². The van der Waals surface area contributed by atoms with Crippen LogP contribution in [0.5, 0.6) is 0 Å². The molecule has 214 valence electrons. The summed E-state index contributed by atoms with van der Waals surface area (Å²) in [4.78, 5) is 24.4. The number of benzene rings is 3. The second-order valence-electron chi connectivity index (χ2n) is 9.64. The van der Waals surface area contributed by atoms with Gasteiger partial charge in [0.25, 0.3) is 0 Å². The topological polar surface area (TPSA) is 133 Å². The van der Waals surface area contributed by atoms with E-state index in [1.165, 1.54) is 15.9 Å². The fourth-order valence-corrected chi connectivity index (χ4v) is 9.46. The van der Waals surface area contributed by atoms with E-state index in [9.17, 15) is 22.6 Å². The number of hydroxylamine groups is 2. The molecular weight excluding hydrogens is 561 g/mol. The molecule has 9 nitrogen and oxygen atoms in total. The van der Waals surface area contributed by atoms with E-state index in [1.807, 2.05) is 0 Å². The third kappa shape index (κ3) is 6.11. The standard InChI is InChI=1S/C21H20P.C9H13N3O6S/c1-2-18-22(19-12-6-3-7-13-19,20-14-8-4-9-15-20)21-16-10-5-11-17-21;1-4-5(2)7(8(10)13)11-3-6(4)12(9(11)14)18-19(15,16)17/h2-18H,1H3;6-7H,3H2,1-2H3,(H2,10,13)(H,15,16,17)/q+1;/p-1/b18-2+;/t;6-,7-/m.0/s1. The van der Waals surface area contributed by atoms with E-state index < -0.39 is 41.7 Å². The summed E-state index contributed by atoms with van der Waals surface area (Å²) >= 11 is 0. The number of fused-ring (bicyclic) bond motifs is 2. The molecule has 1 saturated heterocycles. The molecule has 0 unspecified atom stereocenters. The summed E-state index contributed by atoms with van der Waals surface area (Å²) in [6.07, 6.45) is 2.20. The largest absolute Gasteiger partial charge is 0.724 e. The smallest absolute Gasteiger partial charge is 0.346 e. The maximum atomic E-state index is 12.0.